The lowest BCUT2D eigenvalue weighted by molar-refractivity contribution is -0.384. The van der Waals surface area contributed by atoms with Gasteiger partial charge in [0.15, 0.2) is 0 Å². The monoisotopic (exact) mass is 387 g/mol. The number of carbonyl (C=O) groups is 1. The third-order valence-electron chi connectivity index (χ3n) is 3.88. The summed E-state index contributed by atoms with van der Waals surface area (Å²) in [7, 11) is 0. The molecule has 0 saturated carbocycles. The summed E-state index contributed by atoms with van der Waals surface area (Å²) in [5.41, 5.74) is 1.37. The van der Waals surface area contributed by atoms with Crippen LogP contribution in [0.5, 0.6) is 5.75 Å². The van der Waals surface area contributed by atoms with Gasteiger partial charge in [0.2, 0.25) is 0 Å². The summed E-state index contributed by atoms with van der Waals surface area (Å²) in [6.07, 6.45) is 1.52. The molecule has 0 atom stereocenters. The van der Waals surface area contributed by atoms with Crippen molar-refractivity contribution in [2.75, 3.05) is 11.9 Å². The zero-order valence-electron chi connectivity index (χ0n) is 14.8. The number of rotatable bonds is 6. The Morgan fingerprint density at radius 3 is 2.74 bits per heavy atom. The van der Waals surface area contributed by atoms with Crippen LogP contribution < -0.4 is 10.1 Å². The van der Waals surface area contributed by atoms with E-state index >= 15 is 0 Å². The molecule has 8 heteroatoms. The van der Waals surface area contributed by atoms with Crippen molar-refractivity contribution >= 4 is 39.8 Å². The van der Waals surface area contributed by atoms with E-state index in [0.29, 0.717) is 45.5 Å². The van der Waals surface area contributed by atoms with E-state index in [1.165, 1.54) is 18.3 Å². The first-order valence-corrected chi connectivity index (χ1v) is 8.72. The molecule has 2 N–H and O–H groups in total. The largest absolute Gasteiger partial charge is 0.492 e. The van der Waals surface area contributed by atoms with Crippen molar-refractivity contribution in [1.29, 1.82) is 0 Å². The van der Waals surface area contributed by atoms with E-state index < -0.39 is 10.8 Å². The fourth-order valence-electron chi connectivity index (χ4n) is 2.56. The minimum Gasteiger partial charge on any atom is -0.492 e. The van der Waals surface area contributed by atoms with E-state index in [-0.39, 0.29) is 5.69 Å². The fourth-order valence-corrected chi connectivity index (χ4v) is 2.80. The average molecular weight is 388 g/mol. The lowest BCUT2D eigenvalue weighted by atomic mass is 10.1. The quantitative estimate of drug-likeness (QED) is 0.458. The van der Waals surface area contributed by atoms with E-state index in [2.05, 4.69) is 10.3 Å². The molecule has 0 radical (unpaired) electrons. The molecule has 0 bridgehead atoms. The van der Waals surface area contributed by atoms with E-state index in [1.807, 2.05) is 13.8 Å². The van der Waals surface area contributed by atoms with E-state index in [0.717, 1.165) is 0 Å². The number of hydrogen-bond donors (Lipinski definition) is 2. The second kappa shape index (κ2) is 7.67. The zero-order valence-corrected chi connectivity index (χ0v) is 15.5. The molecule has 1 amide bonds. The predicted octanol–water partition coefficient (Wildman–Crippen LogP) is 5.02. The standard InChI is InChI=1S/C19H18ClN3O4/c1-11(2)10-27-18-6-3-12(7-16(18)20)22-19(24)15-9-21-17-5-4-13(23(25)26)8-14(15)17/h3-9,11,21H,10H2,1-2H3,(H,22,24). The molecule has 0 spiro atoms. The van der Waals surface area contributed by atoms with Gasteiger partial charge < -0.3 is 15.0 Å². The number of fused-ring (bicyclic) bond motifs is 1. The number of H-pyrrole nitrogens is 1. The maximum Gasteiger partial charge on any atom is 0.270 e. The first kappa shape index (κ1) is 18.7. The summed E-state index contributed by atoms with van der Waals surface area (Å²) in [4.78, 5) is 26.0. The molecule has 3 rings (SSSR count). The number of aromatic nitrogens is 1. The zero-order chi connectivity index (χ0) is 19.6. The molecule has 140 valence electrons. The number of non-ortho nitro benzene ring substituents is 1. The Labute approximate surface area is 160 Å². The Kier molecular flexibility index (Phi) is 5.32. The highest BCUT2D eigenvalue weighted by Gasteiger charge is 2.16. The van der Waals surface area contributed by atoms with Crippen LogP contribution in [0.15, 0.2) is 42.6 Å². The van der Waals surface area contributed by atoms with Crippen LogP contribution in [-0.4, -0.2) is 22.4 Å². The van der Waals surface area contributed by atoms with Crippen molar-refractivity contribution in [3.63, 3.8) is 0 Å². The number of nitrogens with one attached hydrogen (secondary N) is 2. The summed E-state index contributed by atoms with van der Waals surface area (Å²) in [5.74, 6) is 0.520. The van der Waals surface area contributed by atoms with Gasteiger partial charge in [-0.2, -0.15) is 0 Å². The number of hydrogen-bond acceptors (Lipinski definition) is 4. The second-order valence-electron chi connectivity index (χ2n) is 6.49. The van der Waals surface area contributed by atoms with Gasteiger partial charge in [0.1, 0.15) is 5.75 Å². The summed E-state index contributed by atoms with van der Waals surface area (Å²) >= 11 is 6.21. The number of aromatic amines is 1. The molecule has 0 fully saturated rings. The second-order valence-corrected chi connectivity index (χ2v) is 6.90. The highest BCUT2D eigenvalue weighted by molar-refractivity contribution is 6.32. The number of nitro benzene ring substituents is 1. The Morgan fingerprint density at radius 2 is 2.07 bits per heavy atom. The summed E-state index contributed by atoms with van der Waals surface area (Å²) in [6.45, 7) is 4.61. The molecular weight excluding hydrogens is 370 g/mol. The normalized spacial score (nSPS) is 11.0. The molecular formula is C19H18ClN3O4. The number of carbonyl (C=O) groups excluding carboxylic acids is 1. The van der Waals surface area contributed by atoms with Gasteiger partial charge in [-0.3, -0.25) is 14.9 Å². The average Bonchev–Trinajstić information content (AvgIpc) is 3.04. The van der Waals surface area contributed by atoms with Crippen LogP contribution in [-0.2, 0) is 0 Å². The minimum atomic E-state index is -0.496. The SMILES string of the molecule is CC(C)COc1ccc(NC(=O)c2c[nH]c3ccc([N+](=O)[O-])cc23)cc1Cl. The summed E-state index contributed by atoms with van der Waals surface area (Å²) < 4.78 is 5.61. The first-order chi connectivity index (χ1) is 12.8. The predicted molar refractivity (Wildman–Crippen MR) is 105 cm³/mol. The van der Waals surface area contributed by atoms with Crippen molar-refractivity contribution in [3.8, 4) is 5.75 Å². The van der Waals surface area contributed by atoms with Crippen LogP contribution >= 0.6 is 11.6 Å². The Balaban J connectivity index is 1.81. The van der Waals surface area contributed by atoms with Crippen LogP contribution in [0.2, 0.25) is 5.02 Å². The van der Waals surface area contributed by atoms with Gasteiger partial charge in [0.05, 0.1) is 22.1 Å². The van der Waals surface area contributed by atoms with E-state index in [9.17, 15) is 14.9 Å². The van der Waals surface area contributed by atoms with E-state index in [1.54, 1.807) is 24.3 Å². The van der Waals surface area contributed by atoms with Crippen LogP contribution in [0.4, 0.5) is 11.4 Å². The van der Waals surface area contributed by atoms with Crippen LogP contribution in [0.1, 0.15) is 24.2 Å². The molecule has 0 saturated heterocycles. The number of anilines is 1. The number of halogens is 1. The fraction of sp³-hybridized carbons (Fsp3) is 0.211. The summed E-state index contributed by atoms with van der Waals surface area (Å²) in [5, 5.41) is 14.6. The van der Waals surface area contributed by atoms with Gasteiger partial charge in [0.25, 0.3) is 11.6 Å². The number of nitro groups is 1. The molecule has 7 nitrogen and oxygen atoms in total. The molecule has 27 heavy (non-hydrogen) atoms. The molecule has 1 aromatic heterocycles. The molecule has 0 unspecified atom stereocenters. The maximum atomic E-state index is 12.6. The van der Waals surface area contributed by atoms with Crippen LogP contribution in [0, 0.1) is 16.0 Å². The maximum absolute atomic E-state index is 12.6. The lowest BCUT2D eigenvalue weighted by Crippen LogP contribution is -2.11. The molecule has 0 aliphatic heterocycles. The van der Waals surface area contributed by atoms with Gasteiger partial charge in [-0.05, 0) is 30.2 Å². The third-order valence-corrected chi connectivity index (χ3v) is 4.18. The van der Waals surface area contributed by atoms with E-state index in [4.69, 9.17) is 16.3 Å². The van der Waals surface area contributed by atoms with Gasteiger partial charge in [-0.15, -0.1) is 0 Å². The smallest absolute Gasteiger partial charge is 0.270 e. The van der Waals surface area contributed by atoms with Gasteiger partial charge >= 0.3 is 0 Å². The number of benzene rings is 2. The Bertz CT molecular complexity index is 1010. The van der Waals surface area contributed by atoms with Gasteiger partial charge in [-0.25, -0.2) is 0 Å². The van der Waals surface area contributed by atoms with Crippen LogP contribution in [0.3, 0.4) is 0 Å². The van der Waals surface area contributed by atoms with Crippen molar-refractivity contribution in [3.05, 3.63) is 63.3 Å². The number of ether oxygens (including phenoxy) is 1. The lowest BCUT2D eigenvalue weighted by Gasteiger charge is -2.11. The highest BCUT2D eigenvalue weighted by atomic mass is 35.5. The molecule has 3 aromatic rings. The van der Waals surface area contributed by atoms with Crippen LogP contribution in [0.25, 0.3) is 10.9 Å². The highest BCUT2D eigenvalue weighted by Crippen LogP contribution is 2.29. The Hall–Kier alpha value is -3.06. The van der Waals surface area contributed by atoms with Gasteiger partial charge in [0, 0.05) is 34.9 Å². The topological polar surface area (TPSA) is 97.3 Å². The molecule has 2 aromatic carbocycles. The Morgan fingerprint density at radius 1 is 1.30 bits per heavy atom. The van der Waals surface area contributed by atoms with Crippen molar-refractivity contribution in [2.24, 2.45) is 5.92 Å². The minimum absolute atomic E-state index is 0.0779. The van der Waals surface area contributed by atoms with Gasteiger partial charge in [-0.1, -0.05) is 25.4 Å². The molecule has 0 aliphatic carbocycles. The molecule has 0 aliphatic rings. The first-order valence-electron chi connectivity index (χ1n) is 8.34. The van der Waals surface area contributed by atoms with Crippen molar-refractivity contribution < 1.29 is 14.5 Å². The summed E-state index contributed by atoms with van der Waals surface area (Å²) in [6, 6.07) is 9.32. The van der Waals surface area contributed by atoms with Crippen molar-refractivity contribution in [2.45, 2.75) is 13.8 Å². The number of amides is 1. The molecule has 1 heterocycles. The third kappa shape index (κ3) is 4.20. The number of nitrogens with zero attached hydrogens (tertiary/aromatic N) is 1. The van der Waals surface area contributed by atoms with Crippen molar-refractivity contribution in [1.82, 2.24) is 4.98 Å².